The van der Waals surface area contributed by atoms with Gasteiger partial charge in [-0.3, -0.25) is 9.78 Å². The van der Waals surface area contributed by atoms with Gasteiger partial charge in [0, 0.05) is 19.3 Å². The minimum Gasteiger partial charge on any atom is -0.392 e. The Labute approximate surface area is 88.6 Å². The molecule has 4 nitrogen and oxygen atoms in total. The third-order valence-electron chi connectivity index (χ3n) is 2.62. The predicted octanol–water partition coefficient (Wildman–Crippen LogP) is 0.810. The van der Waals surface area contributed by atoms with Crippen LogP contribution in [0.3, 0.4) is 0 Å². The van der Waals surface area contributed by atoms with E-state index in [1.54, 1.807) is 18.3 Å². The number of amides is 1. The molecule has 0 radical (unpaired) electrons. The third kappa shape index (κ3) is 2.15. The largest absolute Gasteiger partial charge is 0.392 e. The maximum Gasteiger partial charge on any atom is 0.272 e. The molecule has 1 aliphatic heterocycles. The van der Waals surface area contributed by atoms with Crippen molar-refractivity contribution in [1.82, 2.24) is 9.88 Å². The fraction of sp³-hybridized carbons (Fsp3) is 0.455. The topological polar surface area (TPSA) is 53.4 Å². The Bertz CT molecular complexity index is 342. The number of carbonyl (C=O) groups excluding carboxylic acids is 1. The molecule has 2 rings (SSSR count). The van der Waals surface area contributed by atoms with Gasteiger partial charge in [-0.05, 0) is 24.5 Å². The first-order valence-electron chi connectivity index (χ1n) is 5.16. The van der Waals surface area contributed by atoms with Gasteiger partial charge in [0.05, 0.1) is 6.61 Å². The van der Waals surface area contributed by atoms with Crippen molar-refractivity contribution in [2.24, 2.45) is 0 Å². The van der Waals surface area contributed by atoms with Crippen molar-refractivity contribution in [3.8, 4) is 0 Å². The van der Waals surface area contributed by atoms with Crippen molar-refractivity contribution in [3.63, 3.8) is 0 Å². The van der Waals surface area contributed by atoms with Crippen molar-refractivity contribution in [3.05, 3.63) is 29.6 Å². The number of likely N-dealkylation sites (tertiary alicyclic amines) is 1. The molecule has 0 aliphatic carbocycles. The van der Waals surface area contributed by atoms with Crippen molar-refractivity contribution in [1.29, 1.82) is 0 Å². The SMILES string of the molecule is O=C(c1ccc(CO)cn1)N1CCCC1. The van der Waals surface area contributed by atoms with Crippen LogP contribution in [0.15, 0.2) is 18.3 Å². The number of carbonyl (C=O) groups is 1. The van der Waals surface area contributed by atoms with Crippen LogP contribution >= 0.6 is 0 Å². The Morgan fingerprint density at radius 3 is 2.67 bits per heavy atom. The Morgan fingerprint density at radius 2 is 2.13 bits per heavy atom. The van der Waals surface area contributed by atoms with Crippen molar-refractivity contribution < 1.29 is 9.90 Å². The first-order chi connectivity index (χ1) is 7.31. The van der Waals surface area contributed by atoms with E-state index in [2.05, 4.69) is 4.98 Å². The fourth-order valence-electron chi connectivity index (χ4n) is 1.73. The summed E-state index contributed by atoms with van der Waals surface area (Å²) in [6, 6.07) is 3.41. The van der Waals surface area contributed by atoms with E-state index in [0.717, 1.165) is 31.5 Å². The standard InChI is InChI=1S/C11H14N2O2/c14-8-9-3-4-10(12-7-9)11(15)13-5-1-2-6-13/h3-4,7,14H,1-2,5-6,8H2. The van der Waals surface area contributed by atoms with Crippen LogP contribution in [0.4, 0.5) is 0 Å². The third-order valence-corrected chi connectivity index (χ3v) is 2.62. The summed E-state index contributed by atoms with van der Waals surface area (Å²) in [4.78, 5) is 17.7. The average Bonchev–Trinajstić information content (AvgIpc) is 2.82. The van der Waals surface area contributed by atoms with E-state index in [1.807, 2.05) is 4.90 Å². The van der Waals surface area contributed by atoms with E-state index in [0.29, 0.717) is 5.69 Å². The highest BCUT2D eigenvalue weighted by atomic mass is 16.3. The van der Waals surface area contributed by atoms with Crippen LogP contribution in [-0.4, -0.2) is 34.0 Å². The molecule has 0 aromatic carbocycles. The number of pyridine rings is 1. The van der Waals surface area contributed by atoms with E-state index >= 15 is 0 Å². The molecule has 0 unspecified atom stereocenters. The summed E-state index contributed by atoms with van der Waals surface area (Å²) in [5.41, 5.74) is 1.20. The zero-order valence-corrected chi connectivity index (χ0v) is 8.52. The second-order valence-electron chi connectivity index (χ2n) is 3.71. The van der Waals surface area contributed by atoms with Gasteiger partial charge in [0.1, 0.15) is 5.69 Å². The quantitative estimate of drug-likeness (QED) is 0.779. The summed E-state index contributed by atoms with van der Waals surface area (Å²) in [5.74, 6) is -0.00279. The van der Waals surface area contributed by atoms with E-state index in [9.17, 15) is 4.79 Å². The molecular weight excluding hydrogens is 192 g/mol. The lowest BCUT2D eigenvalue weighted by atomic mass is 10.2. The zero-order valence-electron chi connectivity index (χ0n) is 8.52. The molecule has 0 bridgehead atoms. The molecule has 0 spiro atoms. The van der Waals surface area contributed by atoms with E-state index in [4.69, 9.17) is 5.11 Å². The Hall–Kier alpha value is -1.42. The van der Waals surface area contributed by atoms with Crippen molar-refractivity contribution in [2.75, 3.05) is 13.1 Å². The normalized spacial score (nSPS) is 15.7. The molecule has 1 aromatic rings. The molecule has 1 fully saturated rings. The molecular formula is C11H14N2O2. The molecule has 4 heteroatoms. The van der Waals surface area contributed by atoms with E-state index < -0.39 is 0 Å². The lowest BCUT2D eigenvalue weighted by Gasteiger charge is -2.14. The van der Waals surface area contributed by atoms with Crippen LogP contribution < -0.4 is 0 Å². The van der Waals surface area contributed by atoms with Gasteiger partial charge < -0.3 is 10.0 Å². The zero-order chi connectivity index (χ0) is 10.7. The van der Waals surface area contributed by atoms with Crippen LogP contribution in [0.25, 0.3) is 0 Å². The number of hydrogen-bond donors (Lipinski definition) is 1. The van der Waals surface area contributed by atoms with Gasteiger partial charge in [-0.25, -0.2) is 0 Å². The number of rotatable bonds is 2. The van der Waals surface area contributed by atoms with Crippen LogP contribution in [0, 0.1) is 0 Å². The lowest BCUT2D eigenvalue weighted by Crippen LogP contribution is -2.28. The van der Waals surface area contributed by atoms with Gasteiger partial charge >= 0.3 is 0 Å². The Morgan fingerprint density at radius 1 is 1.40 bits per heavy atom. The van der Waals surface area contributed by atoms with Crippen LogP contribution in [0.1, 0.15) is 28.9 Å². The molecule has 1 amide bonds. The van der Waals surface area contributed by atoms with Gasteiger partial charge in [-0.15, -0.1) is 0 Å². The number of hydrogen-bond acceptors (Lipinski definition) is 3. The summed E-state index contributed by atoms with van der Waals surface area (Å²) in [5, 5.41) is 8.84. The maximum absolute atomic E-state index is 11.8. The molecule has 0 saturated carbocycles. The van der Waals surface area contributed by atoms with Crippen LogP contribution in [0.5, 0.6) is 0 Å². The first kappa shape index (κ1) is 10.1. The molecule has 15 heavy (non-hydrogen) atoms. The minimum absolute atomic E-state index is 0.00279. The molecule has 1 aliphatic rings. The van der Waals surface area contributed by atoms with Gasteiger partial charge in [0.25, 0.3) is 5.91 Å². The number of aliphatic hydroxyl groups excluding tert-OH is 1. The van der Waals surface area contributed by atoms with Gasteiger partial charge in [-0.2, -0.15) is 0 Å². The number of nitrogens with zero attached hydrogens (tertiary/aromatic N) is 2. The predicted molar refractivity (Wildman–Crippen MR) is 55.3 cm³/mol. The Balaban J connectivity index is 2.11. The van der Waals surface area contributed by atoms with Gasteiger partial charge in [0.15, 0.2) is 0 Å². The number of aromatic nitrogens is 1. The van der Waals surface area contributed by atoms with Crippen molar-refractivity contribution >= 4 is 5.91 Å². The monoisotopic (exact) mass is 206 g/mol. The fourth-order valence-corrected chi connectivity index (χ4v) is 1.73. The molecule has 1 N–H and O–H groups in total. The lowest BCUT2D eigenvalue weighted by molar-refractivity contribution is 0.0787. The van der Waals surface area contributed by atoms with Gasteiger partial charge in [-0.1, -0.05) is 6.07 Å². The molecule has 1 saturated heterocycles. The summed E-state index contributed by atoms with van der Waals surface area (Å²) >= 11 is 0. The van der Waals surface area contributed by atoms with Gasteiger partial charge in [0.2, 0.25) is 0 Å². The highest BCUT2D eigenvalue weighted by Gasteiger charge is 2.19. The highest BCUT2D eigenvalue weighted by molar-refractivity contribution is 5.92. The minimum atomic E-state index is -0.0365. The first-order valence-corrected chi connectivity index (χ1v) is 5.16. The molecule has 0 atom stereocenters. The molecule has 2 heterocycles. The second-order valence-corrected chi connectivity index (χ2v) is 3.71. The summed E-state index contributed by atoms with van der Waals surface area (Å²) in [6.45, 7) is 1.63. The summed E-state index contributed by atoms with van der Waals surface area (Å²) < 4.78 is 0. The van der Waals surface area contributed by atoms with Crippen molar-refractivity contribution in [2.45, 2.75) is 19.4 Å². The molecule has 1 aromatic heterocycles. The van der Waals surface area contributed by atoms with Crippen LogP contribution in [-0.2, 0) is 6.61 Å². The van der Waals surface area contributed by atoms with E-state index in [-0.39, 0.29) is 12.5 Å². The maximum atomic E-state index is 11.8. The second kappa shape index (κ2) is 4.40. The smallest absolute Gasteiger partial charge is 0.272 e. The average molecular weight is 206 g/mol. The number of aliphatic hydroxyl groups is 1. The highest BCUT2D eigenvalue weighted by Crippen LogP contribution is 2.11. The summed E-state index contributed by atoms with van der Waals surface area (Å²) in [6.07, 6.45) is 3.71. The summed E-state index contributed by atoms with van der Waals surface area (Å²) in [7, 11) is 0. The van der Waals surface area contributed by atoms with E-state index in [1.165, 1.54) is 0 Å². The molecule has 80 valence electrons. The van der Waals surface area contributed by atoms with Crippen LogP contribution in [0.2, 0.25) is 0 Å². The Kier molecular flexibility index (Phi) is 2.97.